The van der Waals surface area contributed by atoms with Crippen molar-refractivity contribution in [3.8, 4) is 5.75 Å². The molecule has 0 saturated heterocycles. The molecule has 1 aromatic carbocycles. The van der Waals surface area contributed by atoms with Crippen molar-refractivity contribution in [1.29, 1.82) is 0 Å². The number of rotatable bonds is 4. The van der Waals surface area contributed by atoms with Crippen molar-refractivity contribution < 1.29 is 14.2 Å². The molecule has 19 heavy (non-hydrogen) atoms. The van der Waals surface area contributed by atoms with E-state index in [0.717, 1.165) is 0 Å². The molecule has 1 aromatic heterocycles. The van der Waals surface area contributed by atoms with Gasteiger partial charge in [-0.05, 0) is 31.1 Å². The molecule has 0 aliphatic carbocycles. The van der Waals surface area contributed by atoms with Crippen LogP contribution in [0.4, 0.5) is 5.82 Å². The molecule has 0 aliphatic heterocycles. The summed E-state index contributed by atoms with van der Waals surface area (Å²) in [7, 11) is 0. The minimum Gasteiger partial charge on any atom is -0.479 e. The minimum atomic E-state index is -0.726. The Morgan fingerprint density at radius 2 is 2.16 bits per heavy atom. The van der Waals surface area contributed by atoms with Crippen LogP contribution in [0.3, 0.4) is 0 Å². The second-order valence-electron chi connectivity index (χ2n) is 3.88. The zero-order valence-corrected chi connectivity index (χ0v) is 11.1. The first-order chi connectivity index (χ1) is 9.08. The first-order valence-electron chi connectivity index (χ1n) is 5.59. The van der Waals surface area contributed by atoms with Gasteiger partial charge in [-0.15, -0.1) is 0 Å². The molecular formula is C12H12ClN3O3. The molecule has 7 heteroatoms. The molecule has 1 heterocycles. The van der Waals surface area contributed by atoms with Crippen molar-refractivity contribution in [1.82, 2.24) is 10.3 Å². The number of nitrogens with one attached hydrogen (secondary N) is 1. The van der Waals surface area contributed by atoms with E-state index in [1.165, 1.54) is 0 Å². The van der Waals surface area contributed by atoms with Crippen LogP contribution in [-0.2, 0) is 4.79 Å². The van der Waals surface area contributed by atoms with Crippen LogP contribution >= 0.6 is 11.6 Å². The first kappa shape index (κ1) is 13.4. The molecule has 2 rings (SSSR count). The van der Waals surface area contributed by atoms with E-state index in [4.69, 9.17) is 16.3 Å². The standard InChI is InChI=1S/C12H12ClN3O3/c1-7-11(16-19-15-7)14-12(17)8(2)18-10-6-4-3-5-9(10)13/h3-6,8H,1-2H3,(H,14,16,17)/t8-/m1/s1. The summed E-state index contributed by atoms with van der Waals surface area (Å²) in [5, 5.41) is 10.1. The fraction of sp³-hybridized carbons (Fsp3) is 0.250. The van der Waals surface area contributed by atoms with Crippen LogP contribution in [0.2, 0.25) is 5.02 Å². The van der Waals surface area contributed by atoms with Gasteiger partial charge in [-0.3, -0.25) is 4.79 Å². The number of nitrogens with zero attached hydrogens (tertiary/aromatic N) is 2. The Bertz CT molecular complexity index is 585. The number of hydrogen-bond donors (Lipinski definition) is 1. The number of benzene rings is 1. The van der Waals surface area contributed by atoms with Gasteiger partial charge in [-0.25, -0.2) is 4.63 Å². The van der Waals surface area contributed by atoms with E-state index in [2.05, 4.69) is 20.3 Å². The van der Waals surface area contributed by atoms with Gasteiger partial charge in [0.1, 0.15) is 11.4 Å². The van der Waals surface area contributed by atoms with E-state index in [-0.39, 0.29) is 11.7 Å². The maximum atomic E-state index is 11.9. The van der Waals surface area contributed by atoms with Crippen LogP contribution in [0.5, 0.6) is 5.75 Å². The van der Waals surface area contributed by atoms with Gasteiger partial charge in [0.05, 0.1) is 5.02 Å². The molecule has 100 valence electrons. The second kappa shape index (κ2) is 5.71. The third kappa shape index (κ3) is 3.23. The van der Waals surface area contributed by atoms with Gasteiger partial charge < -0.3 is 10.1 Å². The Balaban J connectivity index is 2.00. The van der Waals surface area contributed by atoms with Crippen LogP contribution in [0.25, 0.3) is 0 Å². The summed E-state index contributed by atoms with van der Waals surface area (Å²) in [6.07, 6.45) is -0.726. The number of ether oxygens (including phenoxy) is 1. The maximum absolute atomic E-state index is 11.9. The number of anilines is 1. The Morgan fingerprint density at radius 1 is 1.42 bits per heavy atom. The number of hydrogen-bond acceptors (Lipinski definition) is 5. The Kier molecular flexibility index (Phi) is 4.01. The second-order valence-corrected chi connectivity index (χ2v) is 4.29. The highest BCUT2D eigenvalue weighted by Gasteiger charge is 2.18. The quantitative estimate of drug-likeness (QED) is 0.931. The average Bonchev–Trinajstić information content (AvgIpc) is 2.78. The number of carbonyl (C=O) groups is 1. The van der Waals surface area contributed by atoms with Crippen molar-refractivity contribution in [2.45, 2.75) is 20.0 Å². The van der Waals surface area contributed by atoms with Crippen molar-refractivity contribution in [3.05, 3.63) is 35.0 Å². The number of amides is 1. The highest BCUT2D eigenvalue weighted by atomic mass is 35.5. The zero-order chi connectivity index (χ0) is 13.8. The SMILES string of the molecule is Cc1nonc1NC(=O)[C@@H](C)Oc1ccccc1Cl. The maximum Gasteiger partial charge on any atom is 0.266 e. The topological polar surface area (TPSA) is 77.3 Å². The van der Waals surface area contributed by atoms with Gasteiger partial charge in [0.25, 0.3) is 5.91 Å². The van der Waals surface area contributed by atoms with E-state index < -0.39 is 6.10 Å². The minimum absolute atomic E-state index is 0.277. The predicted octanol–water partition coefficient (Wildman–Crippen LogP) is 2.44. The lowest BCUT2D eigenvalue weighted by Crippen LogP contribution is -2.30. The number of halogens is 1. The number of carbonyl (C=O) groups excluding carboxylic acids is 1. The van der Waals surface area contributed by atoms with E-state index in [1.54, 1.807) is 38.1 Å². The largest absolute Gasteiger partial charge is 0.479 e. The molecule has 0 unspecified atom stereocenters. The fourth-order valence-electron chi connectivity index (χ4n) is 1.35. The Morgan fingerprint density at radius 3 is 2.79 bits per heavy atom. The smallest absolute Gasteiger partial charge is 0.266 e. The van der Waals surface area contributed by atoms with Crippen molar-refractivity contribution >= 4 is 23.3 Å². The first-order valence-corrected chi connectivity index (χ1v) is 5.97. The molecule has 2 aromatic rings. The summed E-state index contributed by atoms with van der Waals surface area (Å²) in [5.41, 5.74) is 0.498. The van der Waals surface area contributed by atoms with Gasteiger partial charge in [0, 0.05) is 0 Å². The van der Waals surface area contributed by atoms with E-state index in [0.29, 0.717) is 16.5 Å². The molecule has 0 bridgehead atoms. The normalized spacial score (nSPS) is 11.9. The lowest BCUT2D eigenvalue weighted by Gasteiger charge is -2.14. The summed E-state index contributed by atoms with van der Waals surface area (Å²) < 4.78 is 9.96. The summed E-state index contributed by atoms with van der Waals surface area (Å²) in [4.78, 5) is 11.9. The zero-order valence-electron chi connectivity index (χ0n) is 10.4. The number of para-hydroxylation sites is 1. The third-order valence-electron chi connectivity index (χ3n) is 2.40. The molecule has 0 fully saturated rings. The summed E-state index contributed by atoms with van der Waals surface area (Å²) in [6.45, 7) is 3.28. The monoisotopic (exact) mass is 281 g/mol. The Labute approximate surface area is 114 Å². The molecule has 0 spiro atoms. The number of aromatic nitrogens is 2. The van der Waals surface area contributed by atoms with Crippen LogP contribution in [0, 0.1) is 6.92 Å². The van der Waals surface area contributed by atoms with Crippen LogP contribution < -0.4 is 10.1 Å². The molecule has 6 nitrogen and oxygen atoms in total. The van der Waals surface area contributed by atoms with E-state index in [9.17, 15) is 4.79 Å². The highest BCUT2D eigenvalue weighted by Crippen LogP contribution is 2.24. The van der Waals surface area contributed by atoms with Crippen molar-refractivity contribution in [3.63, 3.8) is 0 Å². The summed E-state index contributed by atoms with van der Waals surface area (Å²) >= 11 is 5.95. The molecule has 1 amide bonds. The predicted molar refractivity (Wildman–Crippen MR) is 69.2 cm³/mol. The van der Waals surface area contributed by atoms with Gasteiger partial charge in [0.15, 0.2) is 11.9 Å². The molecule has 0 saturated carbocycles. The fourth-order valence-corrected chi connectivity index (χ4v) is 1.53. The summed E-state index contributed by atoms with van der Waals surface area (Å²) in [6, 6.07) is 6.93. The molecule has 1 N–H and O–H groups in total. The van der Waals surface area contributed by atoms with Gasteiger partial charge >= 0.3 is 0 Å². The van der Waals surface area contributed by atoms with Gasteiger partial charge in [0.2, 0.25) is 0 Å². The van der Waals surface area contributed by atoms with Crippen LogP contribution in [-0.4, -0.2) is 22.3 Å². The Hall–Kier alpha value is -2.08. The van der Waals surface area contributed by atoms with E-state index >= 15 is 0 Å². The van der Waals surface area contributed by atoms with Crippen LogP contribution in [0.1, 0.15) is 12.6 Å². The van der Waals surface area contributed by atoms with Crippen LogP contribution in [0.15, 0.2) is 28.9 Å². The number of aryl methyl sites for hydroxylation is 1. The highest BCUT2D eigenvalue weighted by molar-refractivity contribution is 6.32. The molecule has 0 aliphatic rings. The molecular weight excluding hydrogens is 270 g/mol. The molecule has 1 atom stereocenters. The lowest BCUT2D eigenvalue weighted by molar-refractivity contribution is -0.122. The van der Waals surface area contributed by atoms with Crippen molar-refractivity contribution in [2.24, 2.45) is 0 Å². The van der Waals surface area contributed by atoms with E-state index in [1.807, 2.05) is 0 Å². The van der Waals surface area contributed by atoms with Gasteiger partial charge in [-0.2, -0.15) is 0 Å². The lowest BCUT2D eigenvalue weighted by atomic mass is 10.3. The molecule has 0 radical (unpaired) electrons. The summed E-state index contributed by atoms with van der Waals surface area (Å²) in [5.74, 6) is 0.361. The van der Waals surface area contributed by atoms with Gasteiger partial charge in [-0.1, -0.05) is 28.9 Å². The average molecular weight is 282 g/mol. The third-order valence-corrected chi connectivity index (χ3v) is 2.72. The van der Waals surface area contributed by atoms with Crippen molar-refractivity contribution in [2.75, 3.05) is 5.32 Å².